The summed E-state index contributed by atoms with van der Waals surface area (Å²) >= 11 is 0. The number of esters is 3. The molecule has 81 heavy (non-hydrogen) atoms. The minimum atomic E-state index is -0.793. The third-order valence-corrected chi connectivity index (χ3v) is 14.7. The van der Waals surface area contributed by atoms with Crippen molar-refractivity contribution in [2.45, 2.75) is 335 Å². The van der Waals surface area contributed by atoms with Gasteiger partial charge in [0.05, 0.1) is 0 Å². The molecule has 0 fully saturated rings. The molecule has 0 rings (SSSR count). The third-order valence-electron chi connectivity index (χ3n) is 14.7. The van der Waals surface area contributed by atoms with Gasteiger partial charge in [-0.15, -0.1) is 0 Å². The van der Waals surface area contributed by atoms with Gasteiger partial charge >= 0.3 is 17.9 Å². The van der Waals surface area contributed by atoms with Crippen LogP contribution in [0.4, 0.5) is 0 Å². The fourth-order valence-electron chi connectivity index (χ4n) is 9.59. The quantitative estimate of drug-likeness (QED) is 0.0261. The number of rotatable bonds is 62. The lowest BCUT2D eigenvalue weighted by molar-refractivity contribution is -0.167. The maximum absolute atomic E-state index is 13.0. The molecule has 0 aromatic carbocycles. The Morgan fingerprint density at radius 1 is 0.259 bits per heavy atom. The molecule has 6 nitrogen and oxygen atoms in total. The molecule has 1 atom stereocenters. The topological polar surface area (TPSA) is 78.9 Å². The summed E-state index contributed by atoms with van der Waals surface area (Å²) in [4.78, 5) is 38.5. The highest BCUT2D eigenvalue weighted by molar-refractivity contribution is 5.71. The van der Waals surface area contributed by atoms with Crippen LogP contribution in [0.25, 0.3) is 0 Å². The van der Waals surface area contributed by atoms with Crippen LogP contribution in [-0.2, 0) is 28.6 Å². The summed E-state index contributed by atoms with van der Waals surface area (Å²) in [5.74, 6) is -0.898. The van der Waals surface area contributed by atoms with Gasteiger partial charge in [0.15, 0.2) is 6.10 Å². The fourth-order valence-corrected chi connectivity index (χ4v) is 9.59. The minimum absolute atomic E-state index is 0.0868. The SMILES string of the molecule is CC/C=C\C/C=C\C/C=C\C/C=C\CCCCCCCCCCC(=O)OC(COC(=O)CCCCCCCC/C=C\C/C=C\C/C=C\CCCCC)COC(=O)CCCCCCCCCCCCC/C=C\C/C=C\CCCCCCC. The molecule has 0 bridgehead atoms. The van der Waals surface area contributed by atoms with Crippen LogP contribution in [0.3, 0.4) is 0 Å². The molecule has 0 aliphatic carbocycles. The lowest BCUT2D eigenvalue weighted by atomic mass is 10.0. The van der Waals surface area contributed by atoms with Crippen LogP contribution >= 0.6 is 0 Å². The summed E-state index contributed by atoms with van der Waals surface area (Å²) in [5.41, 5.74) is 0. The van der Waals surface area contributed by atoms with Crippen molar-refractivity contribution in [2.75, 3.05) is 13.2 Å². The Kier molecular flexibility index (Phi) is 65.2. The van der Waals surface area contributed by atoms with Gasteiger partial charge in [-0.05, 0) is 128 Å². The highest BCUT2D eigenvalue weighted by atomic mass is 16.6. The first-order valence-electron chi connectivity index (χ1n) is 34.4. The number of unbranched alkanes of at least 4 members (excludes halogenated alkanes) is 33. The Balaban J connectivity index is 4.42. The molecule has 6 heteroatoms. The second-order valence-electron chi connectivity index (χ2n) is 22.7. The van der Waals surface area contributed by atoms with E-state index in [9.17, 15) is 14.4 Å². The first kappa shape index (κ1) is 77.1. The summed E-state index contributed by atoms with van der Waals surface area (Å²) in [7, 11) is 0. The third kappa shape index (κ3) is 66.8. The highest BCUT2D eigenvalue weighted by Crippen LogP contribution is 2.16. The minimum Gasteiger partial charge on any atom is -0.462 e. The predicted molar refractivity (Wildman–Crippen MR) is 353 cm³/mol. The van der Waals surface area contributed by atoms with Gasteiger partial charge in [0.1, 0.15) is 13.2 Å². The van der Waals surface area contributed by atoms with Crippen molar-refractivity contribution in [1.82, 2.24) is 0 Å². The van der Waals surface area contributed by atoms with Crippen LogP contribution in [0.1, 0.15) is 329 Å². The van der Waals surface area contributed by atoms with Crippen LogP contribution in [0, 0.1) is 0 Å². The predicted octanol–water partition coefficient (Wildman–Crippen LogP) is 23.8. The average Bonchev–Trinajstić information content (AvgIpc) is 3.47. The van der Waals surface area contributed by atoms with E-state index in [-0.39, 0.29) is 31.1 Å². The molecule has 0 radical (unpaired) electrons. The summed E-state index contributed by atoms with van der Waals surface area (Å²) in [6, 6.07) is 0. The molecular weight excluding hydrogens is 997 g/mol. The molecule has 0 aliphatic heterocycles. The summed E-state index contributed by atoms with van der Waals surface area (Å²) in [6.07, 6.45) is 93.8. The van der Waals surface area contributed by atoms with Crippen LogP contribution in [-0.4, -0.2) is 37.2 Å². The van der Waals surface area contributed by atoms with Crippen molar-refractivity contribution >= 4 is 17.9 Å². The van der Waals surface area contributed by atoms with Gasteiger partial charge in [0, 0.05) is 19.3 Å². The summed E-state index contributed by atoms with van der Waals surface area (Å²) < 4.78 is 17.0. The van der Waals surface area contributed by atoms with Crippen molar-refractivity contribution in [3.63, 3.8) is 0 Å². The van der Waals surface area contributed by atoms with E-state index < -0.39 is 6.10 Å². The van der Waals surface area contributed by atoms with Gasteiger partial charge < -0.3 is 14.2 Å². The molecule has 0 aromatic heterocycles. The molecule has 0 heterocycles. The van der Waals surface area contributed by atoms with Gasteiger partial charge in [-0.25, -0.2) is 0 Å². The number of ether oxygens (including phenoxy) is 3. The maximum Gasteiger partial charge on any atom is 0.306 e. The van der Waals surface area contributed by atoms with Crippen molar-refractivity contribution in [3.05, 3.63) is 109 Å². The van der Waals surface area contributed by atoms with E-state index in [1.807, 2.05) is 0 Å². The Labute approximate surface area is 501 Å². The Morgan fingerprint density at radius 3 is 0.778 bits per heavy atom. The van der Waals surface area contributed by atoms with Crippen molar-refractivity contribution in [3.8, 4) is 0 Å². The molecule has 0 saturated heterocycles. The van der Waals surface area contributed by atoms with Gasteiger partial charge in [-0.1, -0.05) is 291 Å². The highest BCUT2D eigenvalue weighted by Gasteiger charge is 2.19. The van der Waals surface area contributed by atoms with Crippen LogP contribution < -0.4 is 0 Å². The second-order valence-corrected chi connectivity index (χ2v) is 22.7. The molecule has 0 amide bonds. The van der Waals surface area contributed by atoms with Gasteiger partial charge in [-0.3, -0.25) is 14.4 Å². The summed E-state index contributed by atoms with van der Waals surface area (Å²) in [5, 5.41) is 0. The maximum atomic E-state index is 13.0. The van der Waals surface area contributed by atoms with Crippen molar-refractivity contribution in [1.29, 1.82) is 0 Å². The van der Waals surface area contributed by atoms with E-state index in [0.717, 1.165) is 116 Å². The number of carbonyl (C=O) groups is 3. The smallest absolute Gasteiger partial charge is 0.306 e. The second kappa shape index (κ2) is 68.6. The number of hydrogen-bond acceptors (Lipinski definition) is 6. The van der Waals surface area contributed by atoms with Gasteiger partial charge in [-0.2, -0.15) is 0 Å². The largest absolute Gasteiger partial charge is 0.462 e. The fraction of sp³-hybridized carbons (Fsp3) is 0.720. The number of hydrogen-bond donors (Lipinski definition) is 0. The normalized spacial score (nSPS) is 12.8. The average molecular weight is 1130 g/mol. The van der Waals surface area contributed by atoms with E-state index >= 15 is 0 Å². The molecule has 0 aliphatic rings. The van der Waals surface area contributed by atoms with Crippen LogP contribution in [0.2, 0.25) is 0 Å². The van der Waals surface area contributed by atoms with Gasteiger partial charge in [0.25, 0.3) is 0 Å². The monoisotopic (exact) mass is 1120 g/mol. The lowest BCUT2D eigenvalue weighted by Crippen LogP contribution is -2.30. The van der Waals surface area contributed by atoms with Gasteiger partial charge in [0.2, 0.25) is 0 Å². The van der Waals surface area contributed by atoms with Crippen LogP contribution in [0.15, 0.2) is 109 Å². The Hall–Kier alpha value is -3.93. The molecule has 0 spiro atoms. The van der Waals surface area contributed by atoms with Crippen LogP contribution in [0.5, 0.6) is 0 Å². The first-order valence-corrected chi connectivity index (χ1v) is 34.4. The zero-order valence-corrected chi connectivity index (χ0v) is 53.3. The summed E-state index contributed by atoms with van der Waals surface area (Å²) in [6.45, 7) is 6.50. The Bertz CT molecular complexity index is 1620. The molecule has 0 aromatic rings. The molecule has 464 valence electrons. The molecule has 0 N–H and O–H groups in total. The standard InChI is InChI=1S/C75H128O6/c1-4-7-10-13-16-19-22-25-28-31-34-36-37-39-41-44-47-50-53-56-59-62-65-68-74(77)80-71-72(70-79-73(76)67-64-61-58-55-52-49-46-43-40-33-30-27-24-21-18-15-12-9-6-3)81-75(78)69-66-63-60-57-54-51-48-45-42-38-35-32-29-26-23-20-17-14-11-8-5-2/h8,11,17-18,20-22,25-27,29-31,34-35,38,40,43,72H,4-7,9-10,12-16,19,23-24,28,32-33,36-37,39,41-42,44-71H2,1-3H3/b11-8-,20-17-,21-18-,25-22-,29-26-,30-27-,34-31-,38-35-,43-40-. The Morgan fingerprint density at radius 2 is 0.481 bits per heavy atom. The van der Waals surface area contributed by atoms with Crippen molar-refractivity contribution in [2.24, 2.45) is 0 Å². The van der Waals surface area contributed by atoms with E-state index in [0.29, 0.717) is 19.3 Å². The first-order chi connectivity index (χ1) is 40.0. The molecular formula is C75H128O6. The van der Waals surface area contributed by atoms with E-state index in [1.54, 1.807) is 0 Å². The van der Waals surface area contributed by atoms with E-state index in [2.05, 4.69) is 130 Å². The zero-order valence-electron chi connectivity index (χ0n) is 53.3. The molecule has 0 saturated carbocycles. The van der Waals surface area contributed by atoms with E-state index in [4.69, 9.17) is 14.2 Å². The van der Waals surface area contributed by atoms with Crippen molar-refractivity contribution < 1.29 is 28.6 Å². The molecule has 1 unspecified atom stereocenters. The number of allylic oxidation sites excluding steroid dienone is 18. The van der Waals surface area contributed by atoms with E-state index in [1.165, 1.54) is 173 Å². The lowest BCUT2D eigenvalue weighted by Gasteiger charge is -2.18. The number of carbonyl (C=O) groups excluding carboxylic acids is 3. The zero-order chi connectivity index (χ0) is 58.5.